The molecule has 150 valence electrons. The lowest BCUT2D eigenvalue weighted by Gasteiger charge is -2.14. The number of ether oxygens (including phenoxy) is 1. The van der Waals surface area contributed by atoms with Crippen LogP contribution in [0.25, 0.3) is 10.9 Å². The van der Waals surface area contributed by atoms with Crippen molar-refractivity contribution in [2.24, 2.45) is 7.05 Å². The van der Waals surface area contributed by atoms with Gasteiger partial charge in [0, 0.05) is 23.8 Å². The van der Waals surface area contributed by atoms with Crippen LogP contribution >= 0.6 is 9.24 Å². The van der Waals surface area contributed by atoms with Crippen molar-refractivity contribution in [3.63, 3.8) is 0 Å². The van der Waals surface area contributed by atoms with Crippen molar-refractivity contribution in [1.29, 1.82) is 0 Å². The number of carbonyl (C=O) groups is 2. The first kappa shape index (κ1) is 20.3. The smallest absolute Gasteiger partial charge is 0.322 e. The highest BCUT2D eigenvalue weighted by atomic mass is 31.0. The number of halogens is 1. The first-order valence-electron chi connectivity index (χ1n) is 8.28. The van der Waals surface area contributed by atoms with Crippen LogP contribution in [0, 0.1) is 5.82 Å². The Kier molecular flexibility index (Phi) is 5.52. The van der Waals surface area contributed by atoms with Gasteiger partial charge in [-0.2, -0.15) is 0 Å². The van der Waals surface area contributed by atoms with Gasteiger partial charge in [0.25, 0.3) is 11.5 Å². The summed E-state index contributed by atoms with van der Waals surface area (Å²) in [5.41, 5.74) is -1.11. The summed E-state index contributed by atoms with van der Waals surface area (Å²) >= 11 is 0. The second-order valence-corrected chi connectivity index (χ2v) is 6.67. The molecule has 1 aromatic heterocycles. The molecular weight excluding hydrogens is 402 g/mol. The molecule has 0 saturated carbocycles. The zero-order chi connectivity index (χ0) is 21.3. The average molecular weight is 418 g/mol. The van der Waals surface area contributed by atoms with E-state index in [4.69, 9.17) is 9.84 Å². The number of carbonyl (C=O) groups excluding carboxylic acids is 1. The van der Waals surface area contributed by atoms with E-state index in [0.29, 0.717) is 0 Å². The molecule has 0 aliphatic carbocycles. The minimum Gasteiger partial charge on any atom is -0.506 e. The number of rotatable bonds is 5. The average Bonchev–Trinajstić information content (AvgIpc) is 2.68. The van der Waals surface area contributed by atoms with E-state index in [9.17, 15) is 23.9 Å². The van der Waals surface area contributed by atoms with E-state index in [-0.39, 0.29) is 27.7 Å². The molecule has 0 aliphatic rings. The number of hydrogen-bond acceptors (Lipinski definition) is 5. The van der Waals surface area contributed by atoms with Crippen LogP contribution in [-0.4, -0.2) is 33.2 Å². The molecule has 0 fully saturated rings. The summed E-state index contributed by atoms with van der Waals surface area (Å²) in [5, 5.41) is 21.6. The number of nitrogens with zero attached hydrogens (tertiary/aromatic N) is 1. The van der Waals surface area contributed by atoms with Crippen molar-refractivity contribution < 1.29 is 28.9 Å². The number of aromatic hydroxyl groups is 1. The summed E-state index contributed by atoms with van der Waals surface area (Å²) in [6.45, 7) is -0.697. The third-order valence-electron chi connectivity index (χ3n) is 4.21. The van der Waals surface area contributed by atoms with Crippen LogP contribution in [0.4, 0.5) is 4.39 Å². The number of pyridine rings is 1. The summed E-state index contributed by atoms with van der Waals surface area (Å²) in [6, 6.07) is 8.74. The number of benzene rings is 2. The maximum absolute atomic E-state index is 13.7. The molecule has 1 amide bonds. The molecule has 3 rings (SSSR count). The Balaban J connectivity index is 2.06. The third kappa shape index (κ3) is 3.90. The Morgan fingerprint density at radius 2 is 2.00 bits per heavy atom. The van der Waals surface area contributed by atoms with Gasteiger partial charge in [-0.3, -0.25) is 14.4 Å². The number of amides is 1. The number of nitrogens with one attached hydrogen (secondary N) is 1. The molecule has 1 heterocycles. The lowest BCUT2D eigenvalue weighted by atomic mass is 10.1. The molecule has 3 aromatic rings. The molecule has 0 aliphatic heterocycles. The normalized spacial score (nSPS) is 10.7. The van der Waals surface area contributed by atoms with Crippen LogP contribution in [0.1, 0.15) is 10.4 Å². The number of fused-ring (bicyclic) bond motifs is 1. The van der Waals surface area contributed by atoms with Crippen LogP contribution in [0.15, 0.2) is 41.2 Å². The monoisotopic (exact) mass is 418 g/mol. The fourth-order valence-electron chi connectivity index (χ4n) is 2.75. The predicted octanol–water partition coefficient (Wildman–Crippen LogP) is 1.49. The second-order valence-electron chi connectivity index (χ2n) is 6.10. The zero-order valence-electron chi connectivity index (χ0n) is 15.1. The molecule has 0 radical (unpaired) electrons. The van der Waals surface area contributed by atoms with Gasteiger partial charge < -0.3 is 24.8 Å². The lowest BCUT2D eigenvalue weighted by Crippen LogP contribution is -2.35. The molecule has 3 N–H and O–H groups in total. The number of carboxylic acid groups (broad SMARTS) is 1. The van der Waals surface area contributed by atoms with Crippen molar-refractivity contribution in [2.75, 3.05) is 6.54 Å². The minimum atomic E-state index is -1.29. The SMILES string of the molecule is Cn1c(=O)c(C(=O)NCC(=O)O)c(O)c2ccc(Oc3cccc(F)c3P)cc21. The van der Waals surface area contributed by atoms with E-state index >= 15 is 0 Å². The molecule has 0 saturated heterocycles. The molecule has 1 atom stereocenters. The van der Waals surface area contributed by atoms with Crippen LogP contribution in [-0.2, 0) is 11.8 Å². The van der Waals surface area contributed by atoms with Crippen molar-refractivity contribution >= 4 is 37.3 Å². The highest BCUT2D eigenvalue weighted by molar-refractivity contribution is 7.27. The maximum atomic E-state index is 13.7. The van der Waals surface area contributed by atoms with Gasteiger partial charge in [0.15, 0.2) is 0 Å². The topological polar surface area (TPSA) is 118 Å². The zero-order valence-corrected chi connectivity index (χ0v) is 16.3. The fraction of sp³-hybridized carbons (Fsp3) is 0.105. The van der Waals surface area contributed by atoms with Crippen LogP contribution in [0.2, 0.25) is 0 Å². The molecule has 29 heavy (non-hydrogen) atoms. The van der Waals surface area contributed by atoms with Crippen molar-refractivity contribution in [1.82, 2.24) is 9.88 Å². The molecule has 1 unspecified atom stereocenters. The van der Waals surface area contributed by atoms with E-state index < -0.39 is 41.1 Å². The highest BCUT2D eigenvalue weighted by Gasteiger charge is 2.22. The van der Waals surface area contributed by atoms with Crippen molar-refractivity contribution in [3.8, 4) is 17.2 Å². The maximum Gasteiger partial charge on any atom is 0.322 e. The second kappa shape index (κ2) is 7.89. The number of aromatic nitrogens is 1. The van der Waals surface area contributed by atoms with Gasteiger partial charge in [0.05, 0.1) is 5.52 Å². The molecular formula is C19H16FN2O6P. The van der Waals surface area contributed by atoms with Gasteiger partial charge in [-0.05, 0) is 24.3 Å². The van der Waals surface area contributed by atoms with Crippen LogP contribution < -0.4 is 20.9 Å². The van der Waals surface area contributed by atoms with E-state index in [1.54, 1.807) is 6.07 Å². The molecule has 10 heteroatoms. The van der Waals surface area contributed by atoms with Gasteiger partial charge >= 0.3 is 5.97 Å². The Hall–Kier alpha value is -3.45. The highest BCUT2D eigenvalue weighted by Crippen LogP contribution is 2.31. The van der Waals surface area contributed by atoms with Crippen LogP contribution in [0.3, 0.4) is 0 Å². The summed E-state index contributed by atoms with van der Waals surface area (Å²) < 4.78 is 20.5. The predicted molar refractivity (Wildman–Crippen MR) is 107 cm³/mol. The third-order valence-corrected chi connectivity index (χ3v) is 4.77. The first-order valence-corrected chi connectivity index (χ1v) is 8.86. The minimum absolute atomic E-state index is 0.185. The van der Waals surface area contributed by atoms with Crippen molar-refractivity contribution in [3.05, 3.63) is 58.1 Å². The molecule has 2 aromatic carbocycles. The largest absolute Gasteiger partial charge is 0.506 e. The van der Waals surface area contributed by atoms with Gasteiger partial charge in [-0.15, -0.1) is 0 Å². The number of aryl methyl sites for hydroxylation is 1. The first-order chi connectivity index (χ1) is 13.7. The van der Waals surface area contributed by atoms with Crippen LogP contribution in [0.5, 0.6) is 17.2 Å². The molecule has 0 bridgehead atoms. The van der Waals surface area contributed by atoms with Gasteiger partial charge in [-0.25, -0.2) is 4.39 Å². The summed E-state index contributed by atoms with van der Waals surface area (Å²) in [4.78, 5) is 35.3. The van der Waals surface area contributed by atoms with E-state index in [2.05, 4.69) is 14.6 Å². The quantitative estimate of drug-likeness (QED) is 0.541. The molecule has 8 nitrogen and oxygen atoms in total. The van der Waals surface area contributed by atoms with Gasteiger partial charge in [-0.1, -0.05) is 15.3 Å². The Morgan fingerprint density at radius 1 is 1.28 bits per heavy atom. The Morgan fingerprint density at radius 3 is 2.69 bits per heavy atom. The number of carboxylic acids is 1. The number of aliphatic carboxylic acids is 1. The summed E-state index contributed by atoms with van der Waals surface area (Å²) in [7, 11) is 3.64. The fourth-order valence-corrected chi connectivity index (χ4v) is 3.00. The summed E-state index contributed by atoms with van der Waals surface area (Å²) in [5.74, 6) is -2.79. The van der Waals surface area contributed by atoms with E-state index in [1.807, 2.05) is 0 Å². The van der Waals surface area contributed by atoms with Gasteiger partial charge in [0.1, 0.15) is 35.2 Å². The van der Waals surface area contributed by atoms with Gasteiger partial charge in [0.2, 0.25) is 0 Å². The standard InChI is InChI=1S/C19H16FN2O6P/c1-22-12-7-9(28-13-4-2-3-11(20)17(13)29)5-6-10(12)16(25)15(19(22)27)18(26)21-8-14(23)24/h2-7,25H,8,29H2,1H3,(H,21,26)(H,23,24). The number of hydrogen-bond donors (Lipinski definition) is 3. The molecule has 0 spiro atoms. The van der Waals surface area contributed by atoms with Crippen molar-refractivity contribution in [2.45, 2.75) is 0 Å². The Bertz CT molecular complexity index is 1210. The Labute approximate surface area is 165 Å². The van der Waals surface area contributed by atoms with E-state index in [0.717, 1.165) is 4.57 Å². The van der Waals surface area contributed by atoms with E-state index in [1.165, 1.54) is 37.4 Å². The lowest BCUT2D eigenvalue weighted by molar-refractivity contribution is -0.135. The summed E-state index contributed by atoms with van der Waals surface area (Å²) in [6.07, 6.45) is 0.